The molecule has 0 radical (unpaired) electrons. The van der Waals surface area contributed by atoms with E-state index in [9.17, 15) is 0 Å². The van der Waals surface area contributed by atoms with Crippen LogP contribution in [0.25, 0.3) is 0 Å². The Kier molecular flexibility index (Phi) is 8.07. The molecule has 0 aliphatic rings. The standard InChI is InChI=1S/C16H28O3Si/c1-5-17-20(7-3,18-6-2)19-15(4)13-14-16-11-9-8-10-12-16/h8-12,15H,5-7,13-14H2,1-4H3. The molecule has 0 heterocycles. The van der Waals surface area contributed by atoms with Gasteiger partial charge < -0.3 is 13.3 Å². The molecular formula is C16H28O3Si. The summed E-state index contributed by atoms with van der Waals surface area (Å²) in [5.41, 5.74) is 1.35. The summed E-state index contributed by atoms with van der Waals surface area (Å²) in [6, 6.07) is 11.3. The third-order valence-corrected chi connectivity index (χ3v) is 6.31. The van der Waals surface area contributed by atoms with Crippen molar-refractivity contribution in [2.24, 2.45) is 0 Å². The first kappa shape index (κ1) is 17.4. The van der Waals surface area contributed by atoms with Gasteiger partial charge in [0.25, 0.3) is 0 Å². The Balaban J connectivity index is 2.50. The largest absolute Gasteiger partial charge is 0.500 e. The van der Waals surface area contributed by atoms with Crippen molar-refractivity contribution >= 4 is 8.80 Å². The molecule has 0 aliphatic carbocycles. The Morgan fingerprint density at radius 2 is 1.60 bits per heavy atom. The Labute approximate surface area is 124 Å². The summed E-state index contributed by atoms with van der Waals surface area (Å²) in [5.74, 6) is 0. The minimum absolute atomic E-state index is 0.153. The summed E-state index contributed by atoms with van der Waals surface area (Å²) >= 11 is 0. The van der Waals surface area contributed by atoms with Crippen molar-refractivity contribution in [1.29, 1.82) is 0 Å². The van der Waals surface area contributed by atoms with Gasteiger partial charge in [-0.15, -0.1) is 0 Å². The van der Waals surface area contributed by atoms with Crippen LogP contribution in [0.5, 0.6) is 0 Å². The number of hydrogen-bond donors (Lipinski definition) is 0. The number of rotatable bonds is 10. The van der Waals surface area contributed by atoms with Crippen LogP contribution >= 0.6 is 0 Å². The highest BCUT2D eigenvalue weighted by molar-refractivity contribution is 6.60. The first-order valence-corrected chi connectivity index (χ1v) is 9.58. The van der Waals surface area contributed by atoms with Crippen LogP contribution in [0.2, 0.25) is 6.04 Å². The van der Waals surface area contributed by atoms with Crippen LogP contribution in [0, 0.1) is 0 Å². The van der Waals surface area contributed by atoms with Crippen LogP contribution in [0.1, 0.15) is 39.7 Å². The number of aryl methyl sites for hydroxylation is 1. The number of hydrogen-bond acceptors (Lipinski definition) is 3. The van der Waals surface area contributed by atoms with E-state index >= 15 is 0 Å². The monoisotopic (exact) mass is 296 g/mol. The molecule has 0 spiro atoms. The van der Waals surface area contributed by atoms with Gasteiger partial charge in [0, 0.05) is 25.4 Å². The molecular weight excluding hydrogens is 268 g/mol. The summed E-state index contributed by atoms with van der Waals surface area (Å²) < 4.78 is 17.9. The lowest BCUT2D eigenvalue weighted by atomic mass is 10.1. The summed E-state index contributed by atoms with van der Waals surface area (Å²) in [6.45, 7) is 9.47. The van der Waals surface area contributed by atoms with Crippen LogP contribution in [0.3, 0.4) is 0 Å². The second-order valence-electron chi connectivity index (χ2n) is 4.86. The van der Waals surface area contributed by atoms with Crippen LogP contribution < -0.4 is 0 Å². The molecule has 0 saturated carbocycles. The maximum atomic E-state index is 6.18. The van der Waals surface area contributed by atoms with Gasteiger partial charge in [0.05, 0.1) is 0 Å². The molecule has 0 bridgehead atoms. The lowest BCUT2D eigenvalue weighted by Gasteiger charge is -2.30. The zero-order valence-corrected chi connectivity index (χ0v) is 14.2. The molecule has 0 amide bonds. The zero-order chi connectivity index (χ0) is 14.8. The average molecular weight is 296 g/mol. The Morgan fingerprint density at radius 3 is 2.10 bits per heavy atom. The molecule has 0 fully saturated rings. The molecule has 1 unspecified atom stereocenters. The van der Waals surface area contributed by atoms with Crippen molar-refractivity contribution < 1.29 is 13.3 Å². The molecule has 3 nitrogen and oxygen atoms in total. The van der Waals surface area contributed by atoms with Crippen molar-refractivity contribution in [2.75, 3.05) is 13.2 Å². The second-order valence-corrected chi connectivity index (χ2v) is 7.74. The Bertz CT molecular complexity index is 350. The zero-order valence-electron chi connectivity index (χ0n) is 13.2. The minimum Gasteiger partial charge on any atom is -0.374 e. The highest BCUT2D eigenvalue weighted by atomic mass is 28.4. The molecule has 0 saturated heterocycles. The molecule has 114 valence electrons. The predicted octanol–water partition coefficient (Wildman–Crippen LogP) is 4.06. The van der Waals surface area contributed by atoms with E-state index in [1.165, 1.54) is 5.56 Å². The highest BCUT2D eigenvalue weighted by Crippen LogP contribution is 2.19. The molecule has 0 N–H and O–H groups in total. The topological polar surface area (TPSA) is 27.7 Å². The van der Waals surface area contributed by atoms with Crippen LogP contribution in [-0.4, -0.2) is 28.1 Å². The van der Waals surface area contributed by atoms with Crippen molar-refractivity contribution in [3.63, 3.8) is 0 Å². The van der Waals surface area contributed by atoms with Gasteiger partial charge in [0.1, 0.15) is 0 Å². The third kappa shape index (κ3) is 5.75. The first-order valence-electron chi connectivity index (χ1n) is 7.65. The van der Waals surface area contributed by atoms with E-state index in [1.807, 2.05) is 19.9 Å². The molecule has 1 aromatic rings. The minimum atomic E-state index is -2.47. The van der Waals surface area contributed by atoms with Crippen molar-refractivity contribution in [3.05, 3.63) is 35.9 Å². The lowest BCUT2D eigenvalue weighted by molar-refractivity contribution is 0.0367. The van der Waals surface area contributed by atoms with E-state index in [0.717, 1.165) is 18.9 Å². The molecule has 20 heavy (non-hydrogen) atoms. The first-order chi connectivity index (χ1) is 9.65. The smallest absolute Gasteiger partial charge is 0.374 e. The predicted molar refractivity (Wildman–Crippen MR) is 84.8 cm³/mol. The molecule has 1 atom stereocenters. The summed E-state index contributed by atoms with van der Waals surface area (Å²) in [5, 5.41) is 0. The summed E-state index contributed by atoms with van der Waals surface area (Å²) in [4.78, 5) is 0. The fourth-order valence-electron chi connectivity index (χ4n) is 2.22. The van der Waals surface area contributed by atoms with Gasteiger partial charge in [-0.05, 0) is 39.2 Å². The van der Waals surface area contributed by atoms with E-state index < -0.39 is 8.80 Å². The molecule has 4 heteroatoms. The van der Waals surface area contributed by atoms with Crippen LogP contribution in [-0.2, 0) is 19.7 Å². The quantitative estimate of drug-likeness (QED) is 0.609. The van der Waals surface area contributed by atoms with Gasteiger partial charge in [-0.1, -0.05) is 37.3 Å². The van der Waals surface area contributed by atoms with Crippen molar-refractivity contribution in [3.8, 4) is 0 Å². The van der Waals surface area contributed by atoms with Gasteiger partial charge in [-0.2, -0.15) is 0 Å². The number of benzene rings is 1. The van der Waals surface area contributed by atoms with Gasteiger partial charge in [0.15, 0.2) is 0 Å². The maximum absolute atomic E-state index is 6.18. The molecule has 0 aromatic heterocycles. The second kappa shape index (κ2) is 9.29. The molecule has 1 rings (SSSR count). The summed E-state index contributed by atoms with van der Waals surface area (Å²) in [7, 11) is -2.47. The maximum Gasteiger partial charge on any atom is 0.500 e. The highest BCUT2D eigenvalue weighted by Gasteiger charge is 2.40. The van der Waals surface area contributed by atoms with E-state index in [2.05, 4.69) is 38.1 Å². The molecule has 1 aromatic carbocycles. The summed E-state index contributed by atoms with van der Waals surface area (Å²) in [6.07, 6.45) is 2.16. The van der Waals surface area contributed by atoms with E-state index in [-0.39, 0.29) is 6.10 Å². The fourth-order valence-corrected chi connectivity index (χ4v) is 4.62. The van der Waals surface area contributed by atoms with Gasteiger partial charge in [-0.3, -0.25) is 0 Å². The van der Waals surface area contributed by atoms with E-state index in [0.29, 0.717) is 13.2 Å². The Hall–Kier alpha value is -0.683. The SMILES string of the molecule is CCO[Si](CC)(OCC)OC(C)CCc1ccccc1. The average Bonchev–Trinajstić information content (AvgIpc) is 2.46. The fraction of sp³-hybridized carbons (Fsp3) is 0.625. The van der Waals surface area contributed by atoms with Crippen molar-refractivity contribution in [1.82, 2.24) is 0 Å². The van der Waals surface area contributed by atoms with Gasteiger partial charge >= 0.3 is 8.80 Å². The van der Waals surface area contributed by atoms with E-state index in [4.69, 9.17) is 13.3 Å². The molecule has 0 aliphatic heterocycles. The van der Waals surface area contributed by atoms with Gasteiger partial charge in [0.2, 0.25) is 0 Å². The van der Waals surface area contributed by atoms with Crippen LogP contribution in [0.15, 0.2) is 30.3 Å². The normalized spacial score (nSPS) is 13.4. The lowest BCUT2D eigenvalue weighted by Crippen LogP contribution is -2.47. The van der Waals surface area contributed by atoms with E-state index in [1.54, 1.807) is 0 Å². The Morgan fingerprint density at radius 1 is 1.00 bits per heavy atom. The van der Waals surface area contributed by atoms with Crippen LogP contribution in [0.4, 0.5) is 0 Å². The van der Waals surface area contributed by atoms with Crippen molar-refractivity contribution in [2.45, 2.75) is 52.7 Å². The third-order valence-electron chi connectivity index (χ3n) is 3.22. The van der Waals surface area contributed by atoms with Gasteiger partial charge in [-0.25, -0.2) is 0 Å².